The van der Waals surface area contributed by atoms with Crippen molar-refractivity contribution in [2.45, 2.75) is 12.8 Å². The SMILES string of the molecule is COc1cc2ccccc2cc1C(=O)NC(=S)Nc1ccc(N2CCCC2)cc1. The maximum atomic E-state index is 12.8. The van der Waals surface area contributed by atoms with Crippen LogP contribution >= 0.6 is 12.2 Å². The average Bonchev–Trinajstić information content (AvgIpc) is 3.28. The van der Waals surface area contributed by atoms with Gasteiger partial charge in [-0.3, -0.25) is 10.1 Å². The smallest absolute Gasteiger partial charge is 0.261 e. The van der Waals surface area contributed by atoms with Gasteiger partial charge >= 0.3 is 0 Å². The maximum absolute atomic E-state index is 12.8. The zero-order valence-corrected chi connectivity index (χ0v) is 17.1. The number of carbonyl (C=O) groups is 1. The molecule has 1 aliphatic heterocycles. The molecule has 2 N–H and O–H groups in total. The number of fused-ring (bicyclic) bond motifs is 1. The fraction of sp³-hybridized carbons (Fsp3) is 0.217. The molecule has 0 spiro atoms. The molecule has 1 aliphatic rings. The Kier molecular flexibility index (Phi) is 5.62. The summed E-state index contributed by atoms with van der Waals surface area (Å²) in [5, 5.41) is 8.05. The Morgan fingerprint density at radius 3 is 2.31 bits per heavy atom. The van der Waals surface area contributed by atoms with Crippen molar-refractivity contribution in [3.05, 3.63) is 66.2 Å². The van der Waals surface area contributed by atoms with Crippen molar-refractivity contribution in [1.82, 2.24) is 5.32 Å². The minimum absolute atomic E-state index is 0.249. The first-order valence-electron chi connectivity index (χ1n) is 9.68. The minimum atomic E-state index is -0.307. The number of hydrogen-bond acceptors (Lipinski definition) is 4. The van der Waals surface area contributed by atoms with Crippen LogP contribution in [0, 0.1) is 0 Å². The zero-order chi connectivity index (χ0) is 20.2. The van der Waals surface area contributed by atoms with Crippen molar-refractivity contribution >= 4 is 45.4 Å². The van der Waals surface area contributed by atoms with E-state index in [0.29, 0.717) is 11.3 Å². The summed E-state index contributed by atoms with van der Waals surface area (Å²) in [6.45, 7) is 2.21. The minimum Gasteiger partial charge on any atom is -0.496 e. The van der Waals surface area contributed by atoms with Gasteiger partial charge < -0.3 is 15.0 Å². The Balaban J connectivity index is 1.44. The van der Waals surface area contributed by atoms with Crippen molar-refractivity contribution < 1.29 is 9.53 Å². The standard InChI is InChI=1S/C23H23N3O2S/c1-28-21-15-17-7-3-2-6-16(17)14-20(21)22(27)25-23(29)24-18-8-10-19(11-9-18)26-12-4-5-13-26/h2-3,6-11,14-15H,4-5,12-13H2,1H3,(H2,24,25,27,29). The molecule has 29 heavy (non-hydrogen) atoms. The van der Waals surface area contributed by atoms with E-state index in [1.807, 2.05) is 48.5 Å². The summed E-state index contributed by atoms with van der Waals surface area (Å²) in [6.07, 6.45) is 2.49. The van der Waals surface area contributed by atoms with Crippen LogP contribution in [0.15, 0.2) is 60.7 Å². The largest absolute Gasteiger partial charge is 0.496 e. The molecule has 1 fully saturated rings. The predicted octanol–water partition coefficient (Wildman–Crippen LogP) is 4.58. The number of anilines is 2. The first kappa shape index (κ1) is 19.2. The number of thiocarbonyl (C=S) groups is 1. The Morgan fingerprint density at radius 1 is 1.00 bits per heavy atom. The van der Waals surface area contributed by atoms with Crippen LogP contribution in [-0.4, -0.2) is 31.2 Å². The topological polar surface area (TPSA) is 53.6 Å². The lowest BCUT2D eigenvalue weighted by Crippen LogP contribution is -2.34. The van der Waals surface area contributed by atoms with E-state index in [4.69, 9.17) is 17.0 Å². The number of rotatable bonds is 4. The highest BCUT2D eigenvalue weighted by Crippen LogP contribution is 2.26. The normalized spacial score (nSPS) is 13.3. The molecule has 0 radical (unpaired) electrons. The third-order valence-electron chi connectivity index (χ3n) is 5.14. The molecule has 0 aliphatic carbocycles. The van der Waals surface area contributed by atoms with E-state index in [-0.39, 0.29) is 11.0 Å². The lowest BCUT2D eigenvalue weighted by atomic mass is 10.1. The lowest BCUT2D eigenvalue weighted by molar-refractivity contribution is 0.0975. The van der Waals surface area contributed by atoms with Crippen molar-refractivity contribution in [2.24, 2.45) is 0 Å². The van der Waals surface area contributed by atoms with Gasteiger partial charge in [-0.05, 0) is 72.2 Å². The monoisotopic (exact) mass is 405 g/mol. The van der Waals surface area contributed by atoms with Crippen molar-refractivity contribution in [3.63, 3.8) is 0 Å². The van der Waals surface area contributed by atoms with Gasteiger partial charge in [0.05, 0.1) is 12.7 Å². The van der Waals surface area contributed by atoms with Crippen LogP contribution in [0.5, 0.6) is 5.75 Å². The molecule has 0 bridgehead atoms. The molecule has 4 rings (SSSR count). The van der Waals surface area contributed by atoms with Gasteiger partial charge in [0.25, 0.3) is 5.91 Å². The van der Waals surface area contributed by atoms with Crippen molar-refractivity contribution in [2.75, 3.05) is 30.4 Å². The fourth-order valence-electron chi connectivity index (χ4n) is 3.63. The quantitative estimate of drug-likeness (QED) is 0.623. The summed E-state index contributed by atoms with van der Waals surface area (Å²) in [6, 6.07) is 19.6. The molecule has 1 amide bonds. The number of ether oxygens (including phenoxy) is 1. The average molecular weight is 406 g/mol. The van der Waals surface area contributed by atoms with Crippen LogP contribution in [0.25, 0.3) is 10.8 Å². The van der Waals surface area contributed by atoms with Gasteiger partial charge in [0.1, 0.15) is 5.75 Å². The number of hydrogen-bond donors (Lipinski definition) is 2. The number of methoxy groups -OCH3 is 1. The first-order valence-corrected chi connectivity index (χ1v) is 10.1. The molecule has 6 heteroatoms. The number of carbonyl (C=O) groups excluding carboxylic acids is 1. The number of amides is 1. The van der Waals surface area contributed by atoms with Gasteiger partial charge in [0, 0.05) is 24.5 Å². The molecular formula is C23H23N3O2S. The van der Waals surface area contributed by atoms with Crippen LogP contribution in [0.1, 0.15) is 23.2 Å². The molecule has 0 saturated carbocycles. The van der Waals surface area contributed by atoms with Crippen LogP contribution in [0.2, 0.25) is 0 Å². The molecule has 3 aromatic rings. The summed E-state index contributed by atoms with van der Waals surface area (Å²) in [7, 11) is 1.55. The summed E-state index contributed by atoms with van der Waals surface area (Å²) < 4.78 is 5.41. The molecule has 0 atom stereocenters. The van der Waals surface area contributed by atoms with Gasteiger partial charge in [-0.1, -0.05) is 24.3 Å². The molecule has 148 valence electrons. The highest BCUT2D eigenvalue weighted by atomic mass is 32.1. The van der Waals surface area contributed by atoms with E-state index in [2.05, 4.69) is 27.7 Å². The summed E-state index contributed by atoms with van der Waals surface area (Å²) >= 11 is 5.33. The van der Waals surface area contributed by atoms with Crippen LogP contribution in [0.3, 0.4) is 0 Å². The first-order chi connectivity index (χ1) is 14.1. The Labute approximate surface area is 175 Å². The fourth-order valence-corrected chi connectivity index (χ4v) is 3.84. The number of nitrogens with zero attached hydrogens (tertiary/aromatic N) is 1. The van der Waals surface area contributed by atoms with Crippen LogP contribution in [-0.2, 0) is 0 Å². The van der Waals surface area contributed by atoms with E-state index in [9.17, 15) is 4.79 Å². The second kappa shape index (κ2) is 8.49. The lowest BCUT2D eigenvalue weighted by Gasteiger charge is -2.18. The van der Waals surface area contributed by atoms with E-state index >= 15 is 0 Å². The van der Waals surface area contributed by atoms with Gasteiger partial charge in [0.15, 0.2) is 5.11 Å². The molecule has 0 aromatic heterocycles. The van der Waals surface area contributed by atoms with Crippen molar-refractivity contribution in [1.29, 1.82) is 0 Å². The van der Waals surface area contributed by atoms with Crippen molar-refractivity contribution in [3.8, 4) is 5.75 Å². The molecular weight excluding hydrogens is 382 g/mol. The zero-order valence-electron chi connectivity index (χ0n) is 16.3. The Hall–Kier alpha value is -3.12. The Morgan fingerprint density at radius 2 is 1.66 bits per heavy atom. The maximum Gasteiger partial charge on any atom is 0.261 e. The number of nitrogens with one attached hydrogen (secondary N) is 2. The van der Waals surface area contributed by atoms with E-state index in [0.717, 1.165) is 29.5 Å². The van der Waals surface area contributed by atoms with Gasteiger partial charge in [-0.25, -0.2) is 0 Å². The highest BCUT2D eigenvalue weighted by molar-refractivity contribution is 7.80. The van der Waals surface area contributed by atoms with E-state index < -0.39 is 0 Å². The molecule has 0 unspecified atom stereocenters. The molecule has 1 heterocycles. The van der Waals surface area contributed by atoms with Gasteiger partial charge in [0.2, 0.25) is 0 Å². The van der Waals surface area contributed by atoms with Crippen LogP contribution in [0.4, 0.5) is 11.4 Å². The molecule has 3 aromatic carbocycles. The highest BCUT2D eigenvalue weighted by Gasteiger charge is 2.16. The second-order valence-electron chi connectivity index (χ2n) is 7.05. The molecule has 1 saturated heterocycles. The third kappa shape index (κ3) is 4.32. The van der Waals surface area contributed by atoms with E-state index in [1.54, 1.807) is 7.11 Å². The van der Waals surface area contributed by atoms with Gasteiger partial charge in [-0.15, -0.1) is 0 Å². The summed E-state index contributed by atoms with van der Waals surface area (Å²) in [5.41, 5.74) is 2.49. The summed E-state index contributed by atoms with van der Waals surface area (Å²) in [4.78, 5) is 15.1. The predicted molar refractivity (Wildman–Crippen MR) is 122 cm³/mol. The number of benzene rings is 3. The Bertz CT molecular complexity index is 1040. The summed E-state index contributed by atoms with van der Waals surface area (Å²) in [5.74, 6) is 0.206. The third-order valence-corrected chi connectivity index (χ3v) is 5.34. The molecule has 5 nitrogen and oxygen atoms in total. The second-order valence-corrected chi connectivity index (χ2v) is 7.46. The van der Waals surface area contributed by atoms with Gasteiger partial charge in [-0.2, -0.15) is 0 Å². The van der Waals surface area contributed by atoms with Crippen LogP contribution < -0.4 is 20.3 Å². The van der Waals surface area contributed by atoms with E-state index in [1.165, 1.54) is 18.5 Å².